The molecule has 0 atom stereocenters. The van der Waals surface area contributed by atoms with Crippen molar-refractivity contribution >= 4 is 28.7 Å². The van der Waals surface area contributed by atoms with Crippen molar-refractivity contribution in [2.24, 2.45) is 12.8 Å². The second kappa shape index (κ2) is 5.81. The zero-order valence-corrected chi connectivity index (χ0v) is 13.2. The van der Waals surface area contributed by atoms with Crippen molar-refractivity contribution in [2.45, 2.75) is 11.4 Å². The highest BCUT2D eigenvalue weighted by atomic mass is 32.2. The van der Waals surface area contributed by atoms with Crippen molar-refractivity contribution in [1.29, 1.82) is 0 Å². The number of aromatic nitrogens is 3. The lowest BCUT2D eigenvalue weighted by molar-refractivity contribution is 0.0996. The van der Waals surface area contributed by atoms with Crippen LogP contribution in [0.3, 0.4) is 0 Å². The zero-order chi connectivity index (χ0) is 15.7. The molecule has 2 N–H and O–H groups in total. The summed E-state index contributed by atoms with van der Waals surface area (Å²) in [5.41, 5.74) is 8.57. The Kier molecular flexibility index (Phi) is 3.85. The quantitative estimate of drug-likeness (QED) is 0.751. The highest BCUT2D eigenvalue weighted by molar-refractivity contribution is 7.98. The molecule has 0 saturated carbocycles. The molecular weight excluding hydrogens is 296 g/mol. The number of hydrogen-bond acceptors (Lipinski definition) is 4. The first-order valence-electron chi connectivity index (χ1n) is 6.82. The van der Waals surface area contributed by atoms with E-state index in [1.54, 1.807) is 17.8 Å². The fraction of sp³-hybridized carbons (Fsp3) is 0.188. The van der Waals surface area contributed by atoms with Crippen molar-refractivity contribution in [1.82, 2.24) is 14.5 Å². The normalized spacial score (nSPS) is 11.0. The Bertz CT molecular complexity index is 839. The predicted octanol–water partition coefficient (Wildman–Crippen LogP) is 2.38. The molecule has 0 aliphatic heterocycles. The number of aryl methyl sites for hydroxylation is 1. The predicted molar refractivity (Wildman–Crippen MR) is 88.1 cm³/mol. The van der Waals surface area contributed by atoms with Gasteiger partial charge in [0.05, 0.1) is 5.03 Å². The van der Waals surface area contributed by atoms with Crippen molar-refractivity contribution in [3.63, 3.8) is 0 Å². The molecule has 3 aromatic rings. The van der Waals surface area contributed by atoms with Gasteiger partial charge in [-0.15, -0.1) is 11.8 Å². The van der Waals surface area contributed by atoms with E-state index in [1.807, 2.05) is 42.4 Å². The molecule has 5 nitrogen and oxygen atoms in total. The molecule has 0 aromatic carbocycles. The summed E-state index contributed by atoms with van der Waals surface area (Å²) in [6, 6.07) is 7.83. The summed E-state index contributed by atoms with van der Waals surface area (Å²) in [4.78, 5) is 20.2. The maximum Gasteiger partial charge on any atom is 0.267 e. The number of primary amides is 1. The van der Waals surface area contributed by atoms with Gasteiger partial charge in [-0.05, 0) is 42.0 Å². The molecule has 0 saturated heterocycles. The second-order valence-electron chi connectivity index (χ2n) is 5.08. The maximum atomic E-state index is 11.5. The van der Waals surface area contributed by atoms with Gasteiger partial charge in [-0.25, -0.2) is 9.97 Å². The molecule has 22 heavy (non-hydrogen) atoms. The van der Waals surface area contributed by atoms with Gasteiger partial charge in [0.2, 0.25) is 0 Å². The number of nitrogens with zero attached hydrogens (tertiary/aromatic N) is 3. The molecule has 3 heterocycles. The standard InChI is InChI=1S/C16H16N4OS/c1-20-6-5-12-11(8-13(15(17)21)19-16(12)20)7-10-3-4-14(22-2)18-9-10/h3-6,8-9H,7H2,1-2H3,(H2,17,21). The average molecular weight is 312 g/mol. The van der Waals surface area contributed by atoms with Crippen LogP contribution >= 0.6 is 11.8 Å². The van der Waals surface area contributed by atoms with Crippen molar-refractivity contribution in [3.05, 3.63) is 53.5 Å². The minimum absolute atomic E-state index is 0.290. The minimum Gasteiger partial charge on any atom is -0.364 e. The lowest BCUT2D eigenvalue weighted by Gasteiger charge is -2.07. The Labute approximate surface area is 132 Å². The first-order chi connectivity index (χ1) is 10.6. The Hall–Kier alpha value is -2.34. The first-order valence-corrected chi connectivity index (χ1v) is 8.04. The molecule has 3 aromatic heterocycles. The Morgan fingerprint density at radius 1 is 1.36 bits per heavy atom. The molecule has 0 bridgehead atoms. The number of carbonyl (C=O) groups excluding carboxylic acids is 1. The van der Waals surface area contributed by atoms with Crippen LogP contribution in [0.5, 0.6) is 0 Å². The van der Waals surface area contributed by atoms with E-state index in [-0.39, 0.29) is 5.69 Å². The lowest BCUT2D eigenvalue weighted by atomic mass is 10.0. The van der Waals surface area contributed by atoms with Gasteiger partial charge in [0.15, 0.2) is 0 Å². The third kappa shape index (κ3) is 2.69. The number of amides is 1. The SMILES string of the molecule is CSc1ccc(Cc2cc(C(N)=O)nc3c2ccn3C)cn1. The van der Waals surface area contributed by atoms with Crippen LogP contribution in [0, 0.1) is 0 Å². The molecule has 0 fully saturated rings. The van der Waals surface area contributed by atoms with Crippen LogP contribution in [0.1, 0.15) is 21.6 Å². The Morgan fingerprint density at radius 2 is 2.18 bits per heavy atom. The van der Waals surface area contributed by atoms with Crippen molar-refractivity contribution in [3.8, 4) is 0 Å². The van der Waals surface area contributed by atoms with Gasteiger partial charge in [-0.3, -0.25) is 4.79 Å². The monoisotopic (exact) mass is 312 g/mol. The summed E-state index contributed by atoms with van der Waals surface area (Å²) < 4.78 is 1.89. The number of fused-ring (bicyclic) bond motifs is 1. The van der Waals surface area contributed by atoms with Crippen molar-refractivity contribution < 1.29 is 4.79 Å². The summed E-state index contributed by atoms with van der Waals surface area (Å²) in [5, 5.41) is 2.02. The van der Waals surface area contributed by atoms with E-state index in [0.717, 1.165) is 27.2 Å². The number of carbonyl (C=O) groups is 1. The Balaban J connectivity index is 2.06. The summed E-state index contributed by atoms with van der Waals surface area (Å²) in [5.74, 6) is -0.514. The van der Waals surface area contributed by atoms with Gasteiger partial charge in [0.1, 0.15) is 11.3 Å². The zero-order valence-electron chi connectivity index (χ0n) is 12.4. The number of pyridine rings is 2. The highest BCUT2D eigenvalue weighted by Crippen LogP contribution is 2.22. The third-order valence-electron chi connectivity index (χ3n) is 3.58. The molecule has 112 valence electrons. The number of rotatable bonds is 4. The summed E-state index contributed by atoms with van der Waals surface area (Å²) in [7, 11) is 1.90. The molecule has 1 amide bonds. The van der Waals surface area contributed by atoms with Crippen LogP contribution in [0.2, 0.25) is 0 Å². The summed E-state index contributed by atoms with van der Waals surface area (Å²) in [6.07, 6.45) is 6.48. The first kappa shape index (κ1) is 14.6. The van der Waals surface area contributed by atoms with E-state index >= 15 is 0 Å². The molecule has 0 radical (unpaired) electrons. The third-order valence-corrected chi connectivity index (χ3v) is 4.24. The largest absolute Gasteiger partial charge is 0.364 e. The van der Waals surface area contributed by atoms with Crippen LogP contribution in [0.15, 0.2) is 41.7 Å². The minimum atomic E-state index is -0.514. The summed E-state index contributed by atoms with van der Waals surface area (Å²) >= 11 is 1.61. The molecule has 0 aliphatic carbocycles. The van der Waals surface area contributed by atoms with E-state index < -0.39 is 5.91 Å². The molecule has 0 aliphatic rings. The molecule has 3 rings (SSSR count). The van der Waals surface area contributed by atoms with Gasteiger partial charge in [-0.2, -0.15) is 0 Å². The van der Waals surface area contributed by atoms with Crippen LogP contribution in [0.25, 0.3) is 11.0 Å². The molecular formula is C16H16N4OS. The van der Waals surface area contributed by atoms with Crippen LogP contribution in [-0.2, 0) is 13.5 Å². The highest BCUT2D eigenvalue weighted by Gasteiger charge is 2.12. The summed E-state index contributed by atoms with van der Waals surface area (Å²) in [6.45, 7) is 0. The van der Waals surface area contributed by atoms with Crippen LogP contribution < -0.4 is 5.73 Å². The van der Waals surface area contributed by atoms with Crippen LogP contribution in [-0.4, -0.2) is 26.7 Å². The van der Waals surface area contributed by atoms with E-state index in [9.17, 15) is 4.79 Å². The number of thioether (sulfide) groups is 1. The van der Waals surface area contributed by atoms with Gasteiger partial charge in [0, 0.05) is 24.8 Å². The van der Waals surface area contributed by atoms with Gasteiger partial charge in [0.25, 0.3) is 5.91 Å². The van der Waals surface area contributed by atoms with Crippen LogP contribution in [0.4, 0.5) is 0 Å². The van der Waals surface area contributed by atoms with E-state index in [1.165, 1.54) is 0 Å². The fourth-order valence-corrected chi connectivity index (χ4v) is 2.79. The topological polar surface area (TPSA) is 73.8 Å². The van der Waals surface area contributed by atoms with Gasteiger partial charge >= 0.3 is 0 Å². The average Bonchev–Trinajstić information content (AvgIpc) is 2.90. The lowest BCUT2D eigenvalue weighted by Crippen LogP contribution is -2.14. The van der Waals surface area contributed by atoms with Gasteiger partial charge < -0.3 is 10.3 Å². The van der Waals surface area contributed by atoms with E-state index in [0.29, 0.717) is 6.42 Å². The Morgan fingerprint density at radius 3 is 2.82 bits per heavy atom. The molecule has 0 spiro atoms. The molecule has 0 unspecified atom stereocenters. The second-order valence-corrected chi connectivity index (χ2v) is 5.91. The van der Waals surface area contributed by atoms with Gasteiger partial charge in [-0.1, -0.05) is 6.07 Å². The van der Waals surface area contributed by atoms with E-state index in [4.69, 9.17) is 5.73 Å². The number of nitrogens with two attached hydrogens (primary N) is 1. The smallest absolute Gasteiger partial charge is 0.267 e. The fourth-order valence-electron chi connectivity index (χ4n) is 2.43. The van der Waals surface area contributed by atoms with E-state index in [2.05, 4.69) is 16.0 Å². The molecule has 6 heteroatoms. The number of hydrogen-bond donors (Lipinski definition) is 1. The van der Waals surface area contributed by atoms with Crippen molar-refractivity contribution in [2.75, 3.05) is 6.26 Å². The maximum absolute atomic E-state index is 11.5.